The number of aliphatic hydroxyl groups excluding tert-OH is 1. The van der Waals surface area contributed by atoms with E-state index in [9.17, 15) is 0 Å². The van der Waals surface area contributed by atoms with Gasteiger partial charge in [-0.15, -0.1) is 0 Å². The lowest BCUT2D eigenvalue weighted by atomic mass is 10.1. The molecule has 0 aliphatic carbocycles. The summed E-state index contributed by atoms with van der Waals surface area (Å²) < 4.78 is 0. The zero-order chi connectivity index (χ0) is 13.5. The van der Waals surface area contributed by atoms with Gasteiger partial charge in [-0.3, -0.25) is 4.90 Å². The lowest BCUT2D eigenvalue weighted by Crippen LogP contribution is -2.40. The van der Waals surface area contributed by atoms with Gasteiger partial charge in [-0.1, -0.05) is 37.3 Å². The number of aliphatic hydroxyl groups is 1. The first-order valence-electron chi connectivity index (χ1n) is 7.45. The maximum Gasteiger partial charge on any atom is 0.0445 e. The highest BCUT2D eigenvalue weighted by atomic mass is 16.3. The lowest BCUT2D eigenvalue weighted by Gasteiger charge is -2.22. The second kappa shape index (κ2) is 7.63. The molecule has 3 heteroatoms. The van der Waals surface area contributed by atoms with Crippen LogP contribution in [0, 0.1) is 0 Å². The van der Waals surface area contributed by atoms with E-state index in [0.29, 0.717) is 12.1 Å². The molecule has 1 fully saturated rings. The van der Waals surface area contributed by atoms with Crippen LogP contribution < -0.4 is 5.32 Å². The van der Waals surface area contributed by atoms with Crippen LogP contribution in [0.4, 0.5) is 0 Å². The van der Waals surface area contributed by atoms with Gasteiger partial charge in [-0.2, -0.15) is 0 Å². The van der Waals surface area contributed by atoms with Crippen molar-refractivity contribution in [3.05, 3.63) is 35.9 Å². The average molecular weight is 262 g/mol. The first kappa shape index (κ1) is 14.5. The number of benzene rings is 1. The van der Waals surface area contributed by atoms with Crippen molar-refractivity contribution in [2.24, 2.45) is 0 Å². The van der Waals surface area contributed by atoms with Crippen molar-refractivity contribution < 1.29 is 5.11 Å². The highest BCUT2D eigenvalue weighted by molar-refractivity contribution is 5.14. The van der Waals surface area contributed by atoms with Crippen LogP contribution in [0.15, 0.2) is 30.3 Å². The third-order valence-electron chi connectivity index (χ3n) is 3.96. The van der Waals surface area contributed by atoms with Gasteiger partial charge in [-0.05, 0) is 24.8 Å². The number of likely N-dealkylation sites (tertiary alicyclic amines) is 1. The summed E-state index contributed by atoms with van der Waals surface area (Å²) in [6, 6.07) is 11.7. The zero-order valence-corrected chi connectivity index (χ0v) is 11.9. The predicted octanol–water partition coefficient (Wildman–Crippen LogP) is 2.01. The van der Waals surface area contributed by atoms with E-state index in [1.165, 1.54) is 18.5 Å². The summed E-state index contributed by atoms with van der Waals surface area (Å²) in [4.78, 5) is 2.51. The van der Waals surface area contributed by atoms with E-state index in [0.717, 1.165) is 25.9 Å². The fourth-order valence-electron chi connectivity index (χ4n) is 2.85. The monoisotopic (exact) mass is 262 g/mol. The van der Waals surface area contributed by atoms with Crippen LogP contribution in [0.2, 0.25) is 0 Å². The van der Waals surface area contributed by atoms with Crippen molar-refractivity contribution >= 4 is 0 Å². The molecule has 0 spiro atoms. The van der Waals surface area contributed by atoms with Crippen LogP contribution in [-0.4, -0.2) is 41.8 Å². The summed E-state index contributed by atoms with van der Waals surface area (Å²) in [6.07, 6.45) is 3.18. The van der Waals surface area contributed by atoms with Crippen molar-refractivity contribution in [2.75, 3.05) is 19.7 Å². The molecular formula is C16H26N2O. The van der Waals surface area contributed by atoms with Crippen molar-refractivity contribution in [2.45, 2.75) is 44.8 Å². The Morgan fingerprint density at radius 2 is 2.16 bits per heavy atom. The molecule has 3 nitrogen and oxygen atoms in total. The largest absolute Gasteiger partial charge is 0.396 e. The van der Waals surface area contributed by atoms with E-state index in [-0.39, 0.29) is 6.61 Å². The standard InChI is InChI=1S/C16H26N2O/c1-2-15(9-11-19)17-16-8-10-18(13-16)12-14-6-4-3-5-7-14/h3-7,15-17,19H,2,8-13H2,1H3. The lowest BCUT2D eigenvalue weighted by molar-refractivity contribution is 0.252. The molecule has 1 heterocycles. The van der Waals surface area contributed by atoms with Gasteiger partial charge in [0.15, 0.2) is 0 Å². The molecule has 1 aromatic carbocycles. The Labute approximate surface area is 116 Å². The van der Waals surface area contributed by atoms with Gasteiger partial charge in [0.25, 0.3) is 0 Å². The summed E-state index contributed by atoms with van der Waals surface area (Å²) in [5, 5.41) is 12.7. The Kier molecular flexibility index (Phi) is 5.83. The molecule has 2 rings (SSSR count). The van der Waals surface area contributed by atoms with E-state index in [1.807, 2.05) is 0 Å². The van der Waals surface area contributed by atoms with Crippen molar-refractivity contribution in [1.82, 2.24) is 10.2 Å². The number of hydrogen-bond donors (Lipinski definition) is 2. The molecule has 1 saturated heterocycles. The average Bonchev–Trinajstić information content (AvgIpc) is 2.86. The summed E-state index contributed by atoms with van der Waals surface area (Å²) in [5.74, 6) is 0. The third kappa shape index (κ3) is 4.60. The Balaban J connectivity index is 1.76. The molecule has 19 heavy (non-hydrogen) atoms. The van der Waals surface area contributed by atoms with Gasteiger partial charge >= 0.3 is 0 Å². The maximum atomic E-state index is 9.04. The molecule has 106 valence electrons. The van der Waals surface area contributed by atoms with Crippen LogP contribution >= 0.6 is 0 Å². The molecule has 2 N–H and O–H groups in total. The first-order valence-corrected chi connectivity index (χ1v) is 7.45. The normalized spacial score (nSPS) is 21.7. The van der Waals surface area contributed by atoms with E-state index in [2.05, 4.69) is 47.5 Å². The van der Waals surface area contributed by atoms with Crippen LogP contribution in [0.25, 0.3) is 0 Å². The minimum absolute atomic E-state index is 0.284. The highest BCUT2D eigenvalue weighted by Crippen LogP contribution is 2.14. The molecule has 1 aliphatic heterocycles. The number of nitrogens with one attached hydrogen (secondary N) is 1. The summed E-state index contributed by atoms with van der Waals surface area (Å²) in [7, 11) is 0. The molecule has 0 saturated carbocycles. The topological polar surface area (TPSA) is 35.5 Å². The van der Waals surface area contributed by atoms with E-state index < -0.39 is 0 Å². The van der Waals surface area contributed by atoms with Gasteiger partial charge in [-0.25, -0.2) is 0 Å². The number of hydrogen-bond acceptors (Lipinski definition) is 3. The predicted molar refractivity (Wildman–Crippen MR) is 79.0 cm³/mol. The number of nitrogens with zero attached hydrogens (tertiary/aromatic N) is 1. The molecule has 2 unspecified atom stereocenters. The third-order valence-corrected chi connectivity index (χ3v) is 3.96. The highest BCUT2D eigenvalue weighted by Gasteiger charge is 2.23. The van der Waals surface area contributed by atoms with E-state index in [1.54, 1.807) is 0 Å². The van der Waals surface area contributed by atoms with Gasteiger partial charge < -0.3 is 10.4 Å². The quantitative estimate of drug-likeness (QED) is 0.789. The van der Waals surface area contributed by atoms with Crippen molar-refractivity contribution in [3.8, 4) is 0 Å². The Hall–Kier alpha value is -0.900. The first-order chi connectivity index (χ1) is 9.31. The second-order valence-corrected chi connectivity index (χ2v) is 5.49. The molecule has 0 amide bonds. The fraction of sp³-hybridized carbons (Fsp3) is 0.625. The summed E-state index contributed by atoms with van der Waals surface area (Å²) in [5.41, 5.74) is 1.39. The van der Waals surface area contributed by atoms with E-state index in [4.69, 9.17) is 5.11 Å². The smallest absolute Gasteiger partial charge is 0.0445 e. The minimum Gasteiger partial charge on any atom is -0.396 e. The molecule has 0 bridgehead atoms. The second-order valence-electron chi connectivity index (χ2n) is 5.49. The van der Waals surface area contributed by atoms with Gasteiger partial charge in [0, 0.05) is 38.3 Å². The Morgan fingerprint density at radius 3 is 2.84 bits per heavy atom. The SMILES string of the molecule is CCC(CCO)NC1CCN(Cc2ccccc2)C1. The van der Waals surface area contributed by atoms with Crippen LogP contribution in [0.3, 0.4) is 0 Å². The Morgan fingerprint density at radius 1 is 1.37 bits per heavy atom. The van der Waals surface area contributed by atoms with E-state index >= 15 is 0 Å². The summed E-state index contributed by atoms with van der Waals surface area (Å²) >= 11 is 0. The molecule has 0 radical (unpaired) electrons. The molecule has 1 aromatic rings. The van der Waals surface area contributed by atoms with Gasteiger partial charge in [0.1, 0.15) is 0 Å². The minimum atomic E-state index is 0.284. The molecule has 2 atom stereocenters. The Bertz CT molecular complexity index is 355. The van der Waals surface area contributed by atoms with Crippen LogP contribution in [-0.2, 0) is 6.54 Å². The van der Waals surface area contributed by atoms with Crippen LogP contribution in [0.1, 0.15) is 31.7 Å². The van der Waals surface area contributed by atoms with Crippen molar-refractivity contribution in [1.29, 1.82) is 0 Å². The number of rotatable bonds is 7. The van der Waals surface area contributed by atoms with Crippen LogP contribution in [0.5, 0.6) is 0 Å². The molecular weight excluding hydrogens is 236 g/mol. The summed E-state index contributed by atoms with van der Waals surface area (Å²) in [6.45, 7) is 5.81. The van der Waals surface area contributed by atoms with Gasteiger partial charge in [0.2, 0.25) is 0 Å². The molecule has 0 aromatic heterocycles. The fourth-order valence-corrected chi connectivity index (χ4v) is 2.85. The van der Waals surface area contributed by atoms with Gasteiger partial charge in [0.05, 0.1) is 0 Å². The molecule has 1 aliphatic rings. The maximum absolute atomic E-state index is 9.04. The van der Waals surface area contributed by atoms with Crippen molar-refractivity contribution in [3.63, 3.8) is 0 Å². The zero-order valence-electron chi connectivity index (χ0n) is 11.9.